The van der Waals surface area contributed by atoms with Gasteiger partial charge in [0.1, 0.15) is 12.4 Å². The van der Waals surface area contributed by atoms with Crippen LogP contribution in [0.5, 0.6) is 5.75 Å². The van der Waals surface area contributed by atoms with Crippen molar-refractivity contribution in [2.45, 2.75) is 6.42 Å². The summed E-state index contributed by atoms with van der Waals surface area (Å²) >= 11 is 0. The van der Waals surface area contributed by atoms with E-state index in [9.17, 15) is 4.79 Å². The molecule has 0 radical (unpaired) electrons. The Hall–Kier alpha value is -2.59. The lowest BCUT2D eigenvalue weighted by Gasteiger charge is -2.11. The number of carbonyl (C=O) groups is 1. The number of benzene rings is 2. The van der Waals surface area contributed by atoms with E-state index in [2.05, 4.69) is 6.58 Å². The molecule has 4 heteroatoms. The molecule has 1 N–H and O–H groups in total. The van der Waals surface area contributed by atoms with Gasteiger partial charge in [-0.25, -0.2) is 4.79 Å². The molecular formula is C19H20O4. The van der Waals surface area contributed by atoms with E-state index in [1.807, 2.05) is 48.5 Å². The number of esters is 1. The first-order valence-corrected chi connectivity index (χ1v) is 7.46. The van der Waals surface area contributed by atoms with E-state index in [4.69, 9.17) is 14.6 Å². The Balaban J connectivity index is 2.09. The Morgan fingerprint density at radius 1 is 1.09 bits per heavy atom. The highest BCUT2D eigenvalue weighted by Crippen LogP contribution is 2.26. The molecule has 2 rings (SSSR count). The Bertz CT molecular complexity index is 647. The summed E-state index contributed by atoms with van der Waals surface area (Å²) in [6, 6.07) is 15.7. The molecule has 0 unspecified atom stereocenters. The number of hydrogen-bond acceptors (Lipinski definition) is 4. The first kappa shape index (κ1) is 16.8. The fraction of sp³-hybridized carbons (Fsp3) is 0.211. The largest absolute Gasteiger partial charge is 0.491 e. The van der Waals surface area contributed by atoms with Crippen LogP contribution in [0.3, 0.4) is 0 Å². The Labute approximate surface area is 136 Å². The van der Waals surface area contributed by atoms with Gasteiger partial charge in [0.15, 0.2) is 0 Å². The van der Waals surface area contributed by atoms with Crippen LogP contribution >= 0.6 is 0 Å². The van der Waals surface area contributed by atoms with Gasteiger partial charge in [0.25, 0.3) is 0 Å². The van der Waals surface area contributed by atoms with Crippen LogP contribution in [0.2, 0.25) is 0 Å². The highest BCUT2D eigenvalue weighted by molar-refractivity contribution is 5.81. The molecule has 0 bridgehead atoms. The van der Waals surface area contributed by atoms with Gasteiger partial charge in [-0.3, -0.25) is 0 Å². The van der Waals surface area contributed by atoms with E-state index in [1.165, 1.54) is 0 Å². The summed E-state index contributed by atoms with van der Waals surface area (Å²) in [6.45, 7) is 3.97. The molecule has 0 saturated carbocycles. The molecule has 0 amide bonds. The zero-order chi connectivity index (χ0) is 16.5. The van der Waals surface area contributed by atoms with Crippen molar-refractivity contribution in [3.8, 4) is 16.9 Å². The second-order valence-corrected chi connectivity index (χ2v) is 4.88. The number of ether oxygens (including phenoxy) is 2. The quantitative estimate of drug-likeness (QED) is 0.601. The summed E-state index contributed by atoms with van der Waals surface area (Å²) in [5.41, 5.74) is 3.26. The zero-order valence-electron chi connectivity index (χ0n) is 12.9. The monoisotopic (exact) mass is 312 g/mol. The van der Waals surface area contributed by atoms with Crippen molar-refractivity contribution in [1.82, 2.24) is 0 Å². The van der Waals surface area contributed by atoms with Crippen LogP contribution in [0.4, 0.5) is 0 Å². The molecule has 0 aromatic heterocycles. The van der Waals surface area contributed by atoms with Crippen molar-refractivity contribution in [3.63, 3.8) is 0 Å². The highest BCUT2D eigenvalue weighted by atomic mass is 16.5. The minimum absolute atomic E-state index is 0.00594. The molecule has 0 saturated heterocycles. The molecule has 0 aliphatic rings. The third-order valence-corrected chi connectivity index (χ3v) is 3.33. The summed E-state index contributed by atoms with van der Waals surface area (Å²) in [4.78, 5) is 11.1. The average Bonchev–Trinajstić information content (AvgIpc) is 2.60. The van der Waals surface area contributed by atoms with E-state index >= 15 is 0 Å². The van der Waals surface area contributed by atoms with Crippen LogP contribution in [0.1, 0.15) is 5.56 Å². The highest BCUT2D eigenvalue weighted by Gasteiger charge is 2.06. The van der Waals surface area contributed by atoms with E-state index in [-0.39, 0.29) is 13.2 Å². The molecule has 4 nitrogen and oxygen atoms in total. The van der Waals surface area contributed by atoms with Gasteiger partial charge in [-0.05, 0) is 28.8 Å². The van der Waals surface area contributed by atoms with Gasteiger partial charge in [0.2, 0.25) is 0 Å². The standard InChI is InChI=1S/C19H20O4/c1-2-19(21)23-13-11-15-5-3-4-6-18(15)16-7-9-17(10-8-16)22-14-12-20/h2-10,20H,1,11-14H2. The molecule has 0 fully saturated rings. The molecule has 120 valence electrons. The predicted octanol–water partition coefficient (Wildman–Crippen LogP) is 3.00. The average molecular weight is 312 g/mol. The Morgan fingerprint density at radius 3 is 2.52 bits per heavy atom. The first-order chi connectivity index (χ1) is 11.2. The van der Waals surface area contributed by atoms with Crippen molar-refractivity contribution in [1.29, 1.82) is 0 Å². The van der Waals surface area contributed by atoms with Crippen LogP contribution in [0.15, 0.2) is 61.2 Å². The van der Waals surface area contributed by atoms with Crippen molar-refractivity contribution in [2.75, 3.05) is 19.8 Å². The topological polar surface area (TPSA) is 55.8 Å². The third kappa shape index (κ3) is 4.97. The minimum atomic E-state index is -0.409. The molecule has 0 aliphatic carbocycles. The van der Waals surface area contributed by atoms with Crippen LogP contribution in [-0.4, -0.2) is 30.9 Å². The number of aliphatic hydroxyl groups is 1. The Kier molecular flexibility index (Phi) is 6.39. The van der Waals surface area contributed by atoms with Gasteiger partial charge in [-0.2, -0.15) is 0 Å². The van der Waals surface area contributed by atoms with E-state index in [0.717, 1.165) is 28.5 Å². The zero-order valence-corrected chi connectivity index (χ0v) is 12.9. The lowest BCUT2D eigenvalue weighted by Crippen LogP contribution is -2.05. The molecule has 0 spiro atoms. The van der Waals surface area contributed by atoms with Crippen LogP contribution in [0.25, 0.3) is 11.1 Å². The van der Waals surface area contributed by atoms with Gasteiger partial charge in [0.05, 0.1) is 13.2 Å². The SMILES string of the molecule is C=CC(=O)OCCc1ccccc1-c1ccc(OCCO)cc1. The molecule has 2 aromatic rings. The maximum absolute atomic E-state index is 11.1. The Morgan fingerprint density at radius 2 is 1.83 bits per heavy atom. The second-order valence-electron chi connectivity index (χ2n) is 4.88. The van der Waals surface area contributed by atoms with Crippen molar-refractivity contribution in [2.24, 2.45) is 0 Å². The van der Waals surface area contributed by atoms with Crippen LogP contribution in [0, 0.1) is 0 Å². The minimum Gasteiger partial charge on any atom is -0.491 e. The predicted molar refractivity (Wildman–Crippen MR) is 89.3 cm³/mol. The van der Waals surface area contributed by atoms with Gasteiger partial charge >= 0.3 is 5.97 Å². The van der Waals surface area contributed by atoms with Crippen molar-refractivity contribution < 1.29 is 19.4 Å². The van der Waals surface area contributed by atoms with Crippen LogP contribution in [-0.2, 0) is 16.0 Å². The normalized spacial score (nSPS) is 10.1. The summed E-state index contributed by atoms with van der Waals surface area (Å²) < 4.78 is 10.4. The maximum atomic E-state index is 11.1. The van der Waals surface area contributed by atoms with Crippen LogP contribution < -0.4 is 4.74 Å². The van der Waals surface area contributed by atoms with Gasteiger partial charge in [0, 0.05) is 12.5 Å². The third-order valence-electron chi connectivity index (χ3n) is 3.33. The number of hydrogen-bond donors (Lipinski definition) is 1. The fourth-order valence-corrected chi connectivity index (χ4v) is 2.23. The summed E-state index contributed by atoms with van der Waals surface area (Å²) in [5, 5.41) is 8.77. The molecule has 0 aliphatic heterocycles. The molecule has 0 atom stereocenters. The smallest absolute Gasteiger partial charge is 0.330 e. The fourth-order valence-electron chi connectivity index (χ4n) is 2.23. The molecule has 23 heavy (non-hydrogen) atoms. The molecule has 0 heterocycles. The lowest BCUT2D eigenvalue weighted by molar-refractivity contribution is -0.137. The van der Waals surface area contributed by atoms with E-state index < -0.39 is 5.97 Å². The second kappa shape index (κ2) is 8.76. The maximum Gasteiger partial charge on any atom is 0.330 e. The first-order valence-electron chi connectivity index (χ1n) is 7.46. The summed E-state index contributed by atoms with van der Waals surface area (Å²) in [5.74, 6) is 0.313. The van der Waals surface area contributed by atoms with Crippen molar-refractivity contribution >= 4 is 5.97 Å². The lowest BCUT2D eigenvalue weighted by atomic mass is 9.98. The summed E-state index contributed by atoms with van der Waals surface area (Å²) in [7, 11) is 0. The van der Waals surface area contributed by atoms with E-state index in [0.29, 0.717) is 13.0 Å². The van der Waals surface area contributed by atoms with Gasteiger partial charge in [-0.1, -0.05) is 43.0 Å². The van der Waals surface area contributed by atoms with Gasteiger partial charge in [-0.15, -0.1) is 0 Å². The number of carbonyl (C=O) groups excluding carboxylic acids is 1. The molecular weight excluding hydrogens is 292 g/mol. The van der Waals surface area contributed by atoms with Crippen molar-refractivity contribution in [3.05, 3.63) is 66.7 Å². The van der Waals surface area contributed by atoms with E-state index in [1.54, 1.807) is 0 Å². The summed E-state index contributed by atoms with van der Waals surface area (Å²) in [6.07, 6.45) is 1.80. The number of aliphatic hydroxyl groups excluding tert-OH is 1. The van der Waals surface area contributed by atoms with Gasteiger partial charge < -0.3 is 14.6 Å². The number of rotatable bonds is 8. The molecule has 2 aromatic carbocycles.